The zero-order valence-electron chi connectivity index (χ0n) is 10.8. The summed E-state index contributed by atoms with van der Waals surface area (Å²) in [5, 5.41) is 3.34. The van der Waals surface area contributed by atoms with E-state index in [0.717, 1.165) is 29.9 Å². The molecule has 1 aromatic carbocycles. The molecule has 0 aliphatic rings. The first-order valence-electron chi connectivity index (χ1n) is 6.14. The summed E-state index contributed by atoms with van der Waals surface area (Å²) < 4.78 is 0. The van der Waals surface area contributed by atoms with Crippen LogP contribution in [-0.2, 0) is 6.42 Å². The van der Waals surface area contributed by atoms with E-state index in [0.29, 0.717) is 5.82 Å². The second-order valence-electron chi connectivity index (χ2n) is 4.26. The molecule has 0 amide bonds. The third-order valence-corrected chi connectivity index (χ3v) is 2.91. The summed E-state index contributed by atoms with van der Waals surface area (Å²) in [7, 11) is 0. The average Bonchev–Trinajstić information content (AvgIpc) is 2.37. The lowest BCUT2D eigenvalue weighted by molar-refractivity contribution is 0.923. The first-order chi connectivity index (χ1) is 8.72. The fraction of sp³-hybridized carbons (Fsp3) is 0.286. The molecule has 1 heterocycles. The minimum absolute atomic E-state index is 0.514. The summed E-state index contributed by atoms with van der Waals surface area (Å²) in [5.41, 5.74) is 9.03. The molecular weight excluding hydrogens is 224 g/mol. The van der Waals surface area contributed by atoms with Crippen molar-refractivity contribution >= 4 is 17.3 Å². The zero-order valence-corrected chi connectivity index (χ0v) is 10.8. The summed E-state index contributed by atoms with van der Waals surface area (Å²) in [5.74, 6) is 1.28. The van der Waals surface area contributed by atoms with Crippen LogP contribution in [-0.4, -0.2) is 9.97 Å². The zero-order chi connectivity index (χ0) is 13.0. The van der Waals surface area contributed by atoms with E-state index in [-0.39, 0.29) is 0 Å². The van der Waals surface area contributed by atoms with Gasteiger partial charge in [0.05, 0.1) is 0 Å². The molecular formula is C14H18N4. The Morgan fingerprint density at radius 1 is 1.22 bits per heavy atom. The quantitative estimate of drug-likeness (QED) is 0.864. The Bertz CT molecular complexity index is 537. The SMILES string of the molecule is CCCc1ccccc1Nc1ncnc(N)c1C. The molecule has 0 aliphatic carbocycles. The smallest absolute Gasteiger partial charge is 0.138 e. The lowest BCUT2D eigenvalue weighted by Gasteiger charge is -2.13. The number of benzene rings is 1. The highest BCUT2D eigenvalue weighted by molar-refractivity contribution is 5.65. The van der Waals surface area contributed by atoms with Gasteiger partial charge in [0.15, 0.2) is 0 Å². The number of nitrogens with one attached hydrogen (secondary N) is 1. The van der Waals surface area contributed by atoms with Gasteiger partial charge in [0.1, 0.15) is 18.0 Å². The Balaban J connectivity index is 2.31. The number of nitrogens with zero attached hydrogens (tertiary/aromatic N) is 2. The van der Waals surface area contributed by atoms with Crippen molar-refractivity contribution in [1.82, 2.24) is 9.97 Å². The van der Waals surface area contributed by atoms with E-state index in [4.69, 9.17) is 5.73 Å². The molecule has 2 rings (SSSR count). The fourth-order valence-corrected chi connectivity index (χ4v) is 1.85. The summed E-state index contributed by atoms with van der Waals surface area (Å²) >= 11 is 0. The first kappa shape index (κ1) is 12.4. The summed E-state index contributed by atoms with van der Waals surface area (Å²) in [6.07, 6.45) is 3.64. The van der Waals surface area contributed by atoms with E-state index in [1.807, 2.05) is 13.0 Å². The van der Waals surface area contributed by atoms with Gasteiger partial charge in [-0.1, -0.05) is 31.5 Å². The maximum Gasteiger partial charge on any atom is 0.138 e. The average molecular weight is 242 g/mol. The predicted octanol–water partition coefficient (Wildman–Crippen LogP) is 3.06. The van der Waals surface area contributed by atoms with Gasteiger partial charge < -0.3 is 11.1 Å². The molecule has 0 fully saturated rings. The van der Waals surface area contributed by atoms with Crippen LogP contribution in [0, 0.1) is 6.92 Å². The van der Waals surface area contributed by atoms with Crippen molar-refractivity contribution in [2.45, 2.75) is 26.7 Å². The minimum Gasteiger partial charge on any atom is -0.383 e. The van der Waals surface area contributed by atoms with Crippen molar-refractivity contribution in [3.8, 4) is 0 Å². The highest BCUT2D eigenvalue weighted by atomic mass is 15.0. The van der Waals surface area contributed by atoms with E-state index in [1.54, 1.807) is 0 Å². The van der Waals surface area contributed by atoms with E-state index >= 15 is 0 Å². The van der Waals surface area contributed by atoms with Crippen LogP contribution in [0.25, 0.3) is 0 Å². The van der Waals surface area contributed by atoms with Crippen LogP contribution in [0.15, 0.2) is 30.6 Å². The van der Waals surface area contributed by atoms with E-state index < -0.39 is 0 Å². The van der Waals surface area contributed by atoms with Crippen molar-refractivity contribution in [3.05, 3.63) is 41.7 Å². The largest absolute Gasteiger partial charge is 0.383 e. The van der Waals surface area contributed by atoms with Gasteiger partial charge in [-0.25, -0.2) is 9.97 Å². The third kappa shape index (κ3) is 2.59. The molecule has 0 unspecified atom stereocenters. The van der Waals surface area contributed by atoms with Gasteiger partial charge in [-0.2, -0.15) is 0 Å². The number of aryl methyl sites for hydroxylation is 1. The topological polar surface area (TPSA) is 63.8 Å². The molecule has 0 bridgehead atoms. The standard InChI is InChI=1S/C14H18N4/c1-3-6-11-7-4-5-8-12(11)18-14-10(2)13(15)16-9-17-14/h4-5,7-9H,3,6H2,1-2H3,(H3,15,16,17,18). The lowest BCUT2D eigenvalue weighted by Crippen LogP contribution is -2.03. The van der Waals surface area contributed by atoms with E-state index in [1.165, 1.54) is 11.9 Å². The number of aromatic nitrogens is 2. The number of rotatable bonds is 4. The first-order valence-corrected chi connectivity index (χ1v) is 6.14. The highest BCUT2D eigenvalue weighted by Crippen LogP contribution is 2.24. The van der Waals surface area contributed by atoms with Crippen LogP contribution in [0.1, 0.15) is 24.5 Å². The van der Waals surface area contributed by atoms with Crippen molar-refractivity contribution in [2.24, 2.45) is 0 Å². The van der Waals surface area contributed by atoms with Gasteiger partial charge in [0, 0.05) is 11.3 Å². The molecule has 18 heavy (non-hydrogen) atoms. The van der Waals surface area contributed by atoms with Crippen LogP contribution in [0.5, 0.6) is 0 Å². The lowest BCUT2D eigenvalue weighted by atomic mass is 10.1. The van der Waals surface area contributed by atoms with Crippen LogP contribution in [0.3, 0.4) is 0 Å². The molecule has 4 nitrogen and oxygen atoms in total. The van der Waals surface area contributed by atoms with Crippen LogP contribution in [0.2, 0.25) is 0 Å². The molecule has 0 atom stereocenters. The molecule has 3 N–H and O–H groups in total. The second-order valence-corrected chi connectivity index (χ2v) is 4.26. The number of nitrogen functional groups attached to an aromatic ring is 1. The second kappa shape index (κ2) is 5.49. The van der Waals surface area contributed by atoms with E-state index in [9.17, 15) is 0 Å². The molecule has 0 radical (unpaired) electrons. The summed E-state index contributed by atoms with van der Waals surface area (Å²) in [6.45, 7) is 4.09. The molecule has 2 aromatic rings. The van der Waals surface area contributed by atoms with Gasteiger partial charge in [-0.05, 0) is 25.0 Å². The molecule has 0 spiro atoms. The fourth-order valence-electron chi connectivity index (χ4n) is 1.85. The van der Waals surface area contributed by atoms with Crippen molar-refractivity contribution in [2.75, 3.05) is 11.1 Å². The number of para-hydroxylation sites is 1. The number of nitrogens with two attached hydrogens (primary N) is 1. The highest BCUT2D eigenvalue weighted by Gasteiger charge is 2.06. The minimum atomic E-state index is 0.514. The van der Waals surface area contributed by atoms with Gasteiger partial charge in [-0.3, -0.25) is 0 Å². The Hall–Kier alpha value is -2.10. The number of hydrogen-bond donors (Lipinski definition) is 2. The van der Waals surface area contributed by atoms with Crippen LogP contribution >= 0.6 is 0 Å². The van der Waals surface area contributed by atoms with Gasteiger partial charge in [0.25, 0.3) is 0 Å². The number of hydrogen-bond acceptors (Lipinski definition) is 4. The Morgan fingerprint density at radius 3 is 2.78 bits per heavy atom. The predicted molar refractivity (Wildman–Crippen MR) is 74.9 cm³/mol. The van der Waals surface area contributed by atoms with Crippen LogP contribution < -0.4 is 11.1 Å². The Kier molecular flexibility index (Phi) is 3.77. The van der Waals surface area contributed by atoms with Crippen molar-refractivity contribution in [1.29, 1.82) is 0 Å². The molecule has 0 saturated heterocycles. The van der Waals surface area contributed by atoms with Crippen LogP contribution in [0.4, 0.5) is 17.3 Å². The van der Waals surface area contributed by atoms with Gasteiger partial charge in [-0.15, -0.1) is 0 Å². The van der Waals surface area contributed by atoms with Gasteiger partial charge >= 0.3 is 0 Å². The maximum absolute atomic E-state index is 5.78. The normalized spacial score (nSPS) is 10.3. The third-order valence-electron chi connectivity index (χ3n) is 2.91. The summed E-state index contributed by atoms with van der Waals surface area (Å²) in [4.78, 5) is 8.20. The Morgan fingerprint density at radius 2 is 2.00 bits per heavy atom. The van der Waals surface area contributed by atoms with E-state index in [2.05, 4.69) is 40.4 Å². The monoisotopic (exact) mass is 242 g/mol. The maximum atomic E-state index is 5.78. The van der Waals surface area contributed by atoms with Gasteiger partial charge in [0.2, 0.25) is 0 Å². The molecule has 0 saturated carbocycles. The molecule has 1 aromatic heterocycles. The van der Waals surface area contributed by atoms with Crippen molar-refractivity contribution < 1.29 is 0 Å². The molecule has 0 aliphatic heterocycles. The summed E-state index contributed by atoms with van der Waals surface area (Å²) in [6, 6.07) is 8.26. The van der Waals surface area contributed by atoms with Crippen molar-refractivity contribution in [3.63, 3.8) is 0 Å². The Labute approximate surface area is 107 Å². The molecule has 94 valence electrons. The molecule has 4 heteroatoms. The number of anilines is 3.